The van der Waals surface area contributed by atoms with E-state index in [-0.39, 0.29) is 10.8 Å². The molecule has 0 radical (unpaired) electrons. The maximum Gasteiger partial charge on any atom is 0.255 e. The van der Waals surface area contributed by atoms with E-state index in [2.05, 4.69) is 15.0 Å². The molecule has 0 bridgehead atoms. The summed E-state index contributed by atoms with van der Waals surface area (Å²) in [6, 6.07) is 8.46. The molecule has 122 valence electrons. The number of amides is 1. The van der Waals surface area contributed by atoms with Crippen LogP contribution in [0.4, 0.5) is 15.9 Å². The van der Waals surface area contributed by atoms with E-state index in [1.165, 1.54) is 30.5 Å². The fourth-order valence-electron chi connectivity index (χ4n) is 1.99. The van der Waals surface area contributed by atoms with Gasteiger partial charge in [0.15, 0.2) is 0 Å². The highest BCUT2D eigenvalue weighted by Crippen LogP contribution is 2.26. The fraction of sp³-hybridized carbons (Fsp3) is 0.188. The predicted octanol–water partition coefficient (Wildman–Crippen LogP) is 2.58. The summed E-state index contributed by atoms with van der Waals surface area (Å²) in [6.07, 6.45) is 3.28. The van der Waals surface area contributed by atoms with Gasteiger partial charge >= 0.3 is 0 Å². The molecule has 1 heterocycles. The summed E-state index contributed by atoms with van der Waals surface area (Å²) >= 11 is 0. The standard InChI is InChI=1S/C16H13FN4O2S/c17-14-4-1-12(7-11(14)9-18)20-16(22)10-5-6-19-15(8-10)21-24(23)13-2-3-13/h1,4-8,13H,2-3H2,(H,19,21)(H,20,22). The minimum atomic E-state index is -1.20. The number of nitrogens with zero attached hydrogens (tertiary/aromatic N) is 2. The molecule has 8 heteroatoms. The number of halogens is 1. The maximum absolute atomic E-state index is 13.3. The molecule has 2 aromatic rings. The lowest BCUT2D eigenvalue weighted by molar-refractivity contribution is 0.102. The third-order valence-corrected chi connectivity index (χ3v) is 4.89. The number of carbonyl (C=O) groups is 1. The van der Waals surface area contributed by atoms with Gasteiger partial charge in [-0.05, 0) is 43.2 Å². The van der Waals surface area contributed by atoms with Crippen LogP contribution < -0.4 is 10.0 Å². The summed E-state index contributed by atoms with van der Waals surface area (Å²) in [5.41, 5.74) is 0.471. The summed E-state index contributed by atoms with van der Waals surface area (Å²) in [5.74, 6) is -0.730. The number of hydrogen-bond donors (Lipinski definition) is 2. The van der Waals surface area contributed by atoms with E-state index in [0.29, 0.717) is 17.1 Å². The highest BCUT2D eigenvalue weighted by molar-refractivity contribution is 7.87. The van der Waals surface area contributed by atoms with Crippen LogP contribution in [0.2, 0.25) is 0 Å². The molecule has 1 atom stereocenters. The van der Waals surface area contributed by atoms with Crippen molar-refractivity contribution in [2.45, 2.75) is 18.1 Å². The van der Waals surface area contributed by atoms with Crippen molar-refractivity contribution >= 4 is 28.4 Å². The molecule has 3 rings (SSSR count). The lowest BCUT2D eigenvalue weighted by Gasteiger charge is -2.08. The Kier molecular flexibility index (Phi) is 4.53. The second-order valence-electron chi connectivity index (χ2n) is 5.29. The summed E-state index contributed by atoms with van der Waals surface area (Å²) in [4.78, 5) is 16.3. The van der Waals surface area contributed by atoms with E-state index in [1.54, 1.807) is 6.07 Å². The van der Waals surface area contributed by atoms with Crippen molar-refractivity contribution in [2.24, 2.45) is 0 Å². The Morgan fingerprint density at radius 2 is 2.12 bits per heavy atom. The van der Waals surface area contributed by atoms with Crippen molar-refractivity contribution < 1.29 is 13.4 Å². The van der Waals surface area contributed by atoms with Gasteiger partial charge in [-0.3, -0.25) is 9.52 Å². The number of nitriles is 1. The summed E-state index contributed by atoms with van der Waals surface area (Å²) in [6.45, 7) is 0. The predicted molar refractivity (Wildman–Crippen MR) is 88.1 cm³/mol. The van der Waals surface area contributed by atoms with Gasteiger partial charge in [0, 0.05) is 17.4 Å². The SMILES string of the molecule is N#Cc1cc(NC(=O)c2ccnc(NS(=O)C3CC3)c2)ccc1F. The first kappa shape index (κ1) is 16.1. The number of hydrogen-bond acceptors (Lipinski definition) is 4. The van der Waals surface area contributed by atoms with Crippen molar-refractivity contribution in [3.05, 3.63) is 53.5 Å². The Morgan fingerprint density at radius 3 is 2.83 bits per heavy atom. The monoisotopic (exact) mass is 344 g/mol. The maximum atomic E-state index is 13.3. The molecule has 24 heavy (non-hydrogen) atoms. The van der Waals surface area contributed by atoms with Crippen molar-refractivity contribution in [2.75, 3.05) is 10.0 Å². The van der Waals surface area contributed by atoms with E-state index in [4.69, 9.17) is 5.26 Å². The molecule has 1 aliphatic carbocycles. The quantitative estimate of drug-likeness (QED) is 0.871. The molecule has 0 saturated heterocycles. The van der Waals surface area contributed by atoms with Crippen LogP contribution in [0.5, 0.6) is 0 Å². The molecular weight excluding hydrogens is 331 g/mol. The van der Waals surface area contributed by atoms with Gasteiger partial charge in [0.2, 0.25) is 0 Å². The third-order valence-electron chi connectivity index (χ3n) is 3.40. The lowest BCUT2D eigenvalue weighted by Crippen LogP contribution is -2.14. The second kappa shape index (κ2) is 6.76. The molecule has 1 amide bonds. The van der Waals surface area contributed by atoms with Crippen molar-refractivity contribution in [3.8, 4) is 6.07 Å². The van der Waals surface area contributed by atoms with Crippen LogP contribution in [0.15, 0.2) is 36.5 Å². The Labute approximate surface area is 140 Å². The van der Waals surface area contributed by atoms with Gasteiger partial charge in [0.1, 0.15) is 28.7 Å². The van der Waals surface area contributed by atoms with E-state index in [1.807, 2.05) is 0 Å². The Bertz CT molecular complexity index is 861. The Morgan fingerprint density at radius 1 is 1.33 bits per heavy atom. The Hall–Kier alpha value is -2.79. The topological polar surface area (TPSA) is 94.9 Å². The van der Waals surface area contributed by atoms with Crippen LogP contribution in [-0.4, -0.2) is 20.3 Å². The molecule has 1 unspecified atom stereocenters. The van der Waals surface area contributed by atoms with Gasteiger partial charge in [-0.15, -0.1) is 0 Å². The molecule has 6 nitrogen and oxygen atoms in total. The van der Waals surface area contributed by atoms with E-state index in [0.717, 1.165) is 18.9 Å². The van der Waals surface area contributed by atoms with Gasteiger partial charge < -0.3 is 5.32 Å². The number of nitrogens with one attached hydrogen (secondary N) is 2. The Balaban J connectivity index is 1.73. The zero-order chi connectivity index (χ0) is 17.1. The molecule has 1 aromatic heterocycles. The third kappa shape index (κ3) is 3.75. The number of pyridine rings is 1. The molecule has 1 aromatic carbocycles. The number of carbonyl (C=O) groups excluding carboxylic acids is 1. The van der Waals surface area contributed by atoms with Crippen LogP contribution in [0.1, 0.15) is 28.8 Å². The largest absolute Gasteiger partial charge is 0.322 e. The summed E-state index contributed by atoms with van der Waals surface area (Å²) in [5, 5.41) is 11.5. The average Bonchev–Trinajstić information content (AvgIpc) is 3.42. The fourth-order valence-corrected chi connectivity index (χ4v) is 3.04. The first-order valence-electron chi connectivity index (χ1n) is 7.21. The van der Waals surface area contributed by atoms with Crippen molar-refractivity contribution in [1.82, 2.24) is 4.98 Å². The number of rotatable bonds is 5. The normalized spacial score (nSPS) is 14.5. The van der Waals surface area contributed by atoms with Crippen LogP contribution in [0.3, 0.4) is 0 Å². The summed E-state index contributed by atoms with van der Waals surface area (Å²) < 4.78 is 27.9. The van der Waals surface area contributed by atoms with E-state index >= 15 is 0 Å². The van der Waals surface area contributed by atoms with E-state index < -0.39 is 22.7 Å². The molecular formula is C16H13FN4O2S. The first-order valence-corrected chi connectivity index (χ1v) is 8.42. The number of aromatic nitrogens is 1. The van der Waals surface area contributed by atoms with Gasteiger partial charge in [0.25, 0.3) is 5.91 Å². The van der Waals surface area contributed by atoms with Crippen LogP contribution in [0, 0.1) is 17.1 Å². The van der Waals surface area contributed by atoms with Crippen molar-refractivity contribution in [1.29, 1.82) is 5.26 Å². The van der Waals surface area contributed by atoms with Gasteiger partial charge in [-0.2, -0.15) is 5.26 Å². The molecule has 1 aliphatic rings. The highest BCUT2D eigenvalue weighted by atomic mass is 32.2. The van der Waals surface area contributed by atoms with Crippen LogP contribution in [-0.2, 0) is 11.0 Å². The average molecular weight is 344 g/mol. The van der Waals surface area contributed by atoms with Gasteiger partial charge in [-0.25, -0.2) is 13.6 Å². The lowest BCUT2D eigenvalue weighted by atomic mass is 10.2. The van der Waals surface area contributed by atoms with Gasteiger partial charge in [-0.1, -0.05) is 0 Å². The second-order valence-corrected chi connectivity index (χ2v) is 6.75. The van der Waals surface area contributed by atoms with Crippen LogP contribution >= 0.6 is 0 Å². The zero-order valence-corrected chi connectivity index (χ0v) is 13.3. The smallest absolute Gasteiger partial charge is 0.255 e. The number of anilines is 2. The summed E-state index contributed by atoms with van der Waals surface area (Å²) in [7, 11) is -1.20. The molecule has 1 fully saturated rings. The zero-order valence-electron chi connectivity index (χ0n) is 12.5. The molecule has 0 spiro atoms. The van der Waals surface area contributed by atoms with Gasteiger partial charge in [0.05, 0.1) is 10.8 Å². The minimum absolute atomic E-state index is 0.146. The highest BCUT2D eigenvalue weighted by Gasteiger charge is 2.28. The number of benzene rings is 1. The van der Waals surface area contributed by atoms with Crippen molar-refractivity contribution in [3.63, 3.8) is 0 Å². The van der Waals surface area contributed by atoms with Crippen LogP contribution in [0.25, 0.3) is 0 Å². The minimum Gasteiger partial charge on any atom is -0.322 e. The molecule has 2 N–H and O–H groups in total. The molecule has 1 saturated carbocycles. The molecule has 0 aliphatic heterocycles. The first-order chi connectivity index (χ1) is 11.6. The van der Waals surface area contributed by atoms with E-state index in [9.17, 15) is 13.4 Å².